The summed E-state index contributed by atoms with van der Waals surface area (Å²) in [6.45, 7) is 4.31. The van der Waals surface area contributed by atoms with Crippen LogP contribution in [-0.2, 0) is 6.54 Å². The highest BCUT2D eigenvalue weighted by molar-refractivity contribution is 5.02. The molecule has 0 aliphatic heterocycles. The van der Waals surface area contributed by atoms with Gasteiger partial charge in [0.1, 0.15) is 5.76 Å². The minimum atomic E-state index is 0.727. The van der Waals surface area contributed by atoms with Crippen molar-refractivity contribution in [3.05, 3.63) is 17.5 Å². The van der Waals surface area contributed by atoms with Crippen LogP contribution in [0.4, 0.5) is 0 Å². The lowest BCUT2D eigenvalue weighted by Crippen LogP contribution is -2.17. The normalized spacial score (nSPS) is 10.5. The molecule has 12 heavy (non-hydrogen) atoms. The maximum Gasteiger partial charge on any atom is 0.133 e. The van der Waals surface area contributed by atoms with Crippen molar-refractivity contribution in [3.63, 3.8) is 0 Å². The fourth-order valence-electron chi connectivity index (χ4n) is 0.945. The zero-order valence-corrected chi connectivity index (χ0v) is 7.34. The Morgan fingerprint density at radius 3 is 3.08 bits per heavy atom. The van der Waals surface area contributed by atoms with Gasteiger partial charge in [-0.1, -0.05) is 5.16 Å². The van der Waals surface area contributed by atoms with Crippen LogP contribution in [0.3, 0.4) is 0 Å². The van der Waals surface area contributed by atoms with Crippen LogP contribution < -0.4 is 11.1 Å². The monoisotopic (exact) mass is 169 g/mol. The van der Waals surface area contributed by atoms with Crippen molar-refractivity contribution in [2.24, 2.45) is 5.73 Å². The molecule has 0 aromatic carbocycles. The third-order valence-electron chi connectivity index (χ3n) is 1.54. The van der Waals surface area contributed by atoms with E-state index < -0.39 is 0 Å². The predicted octanol–water partition coefficient (Wildman–Crippen LogP) is 0.421. The largest absolute Gasteiger partial charge is 0.361 e. The Kier molecular flexibility index (Phi) is 3.76. The summed E-state index contributed by atoms with van der Waals surface area (Å²) in [7, 11) is 0. The van der Waals surface area contributed by atoms with Crippen molar-refractivity contribution < 1.29 is 4.52 Å². The van der Waals surface area contributed by atoms with Gasteiger partial charge in [0.2, 0.25) is 0 Å². The Morgan fingerprint density at radius 2 is 2.50 bits per heavy atom. The molecule has 0 amide bonds. The third kappa shape index (κ3) is 3.02. The number of aryl methyl sites for hydroxylation is 1. The summed E-state index contributed by atoms with van der Waals surface area (Å²) in [6.07, 6.45) is 0.997. The zero-order chi connectivity index (χ0) is 8.81. The van der Waals surface area contributed by atoms with E-state index in [-0.39, 0.29) is 0 Å². The molecule has 1 rings (SSSR count). The van der Waals surface area contributed by atoms with Crippen molar-refractivity contribution >= 4 is 0 Å². The molecule has 0 spiro atoms. The van der Waals surface area contributed by atoms with E-state index in [0.717, 1.165) is 37.5 Å². The van der Waals surface area contributed by atoms with E-state index in [1.165, 1.54) is 0 Å². The fraction of sp³-hybridized carbons (Fsp3) is 0.625. The first-order valence-electron chi connectivity index (χ1n) is 4.16. The van der Waals surface area contributed by atoms with Crippen molar-refractivity contribution in [2.45, 2.75) is 19.9 Å². The van der Waals surface area contributed by atoms with Crippen molar-refractivity contribution in [3.8, 4) is 0 Å². The summed E-state index contributed by atoms with van der Waals surface area (Å²) >= 11 is 0. The molecule has 0 saturated carbocycles. The van der Waals surface area contributed by atoms with Gasteiger partial charge in [0.25, 0.3) is 0 Å². The number of nitrogens with two attached hydrogens (primary N) is 1. The van der Waals surface area contributed by atoms with Crippen molar-refractivity contribution in [1.29, 1.82) is 0 Å². The molecule has 3 N–H and O–H groups in total. The second-order valence-electron chi connectivity index (χ2n) is 2.75. The van der Waals surface area contributed by atoms with Crippen LogP contribution in [-0.4, -0.2) is 18.2 Å². The second kappa shape index (κ2) is 4.90. The van der Waals surface area contributed by atoms with E-state index in [4.69, 9.17) is 10.3 Å². The van der Waals surface area contributed by atoms with E-state index >= 15 is 0 Å². The SMILES string of the molecule is Cc1cc(CNCCCN)no1. The molecule has 4 heteroatoms. The number of nitrogens with one attached hydrogen (secondary N) is 1. The molecule has 68 valence electrons. The average molecular weight is 169 g/mol. The summed E-state index contributed by atoms with van der Waals surface area (Å²) in [4.78, 5) is 0. The predicted molar refractivity (Wildman–Crippen MR) is 46.6 cm³/mol. The summed E-state index contributed by atoms with van der Waals surface area (Å²) < 4.78 is 4.91. The molecule has 0 bridgehead atoms. The van der Waals surface area contributed by atoms with Crippen molar-refractivity contribution in [2.75, 3.05) is 13.1 Å². The number of hydrogen-bond acceptors (Lipinski definition) is 4. The number of nitrogens with zero attached hydrogens (tertiary/aromatic N) is 1. The Hall–Kier alpha value is -0.870. The molecule has 0 aliphatic carbocycles. The molecule has 0 unspecified atom stereocenters. The van der Waals surface area contributed by atoms with Gasteiger partial charge in [0, 0.05) is 12.6 Å². The molecule has 4 nitrogen and oxygen atoms in total. The topological polar surface area (TPSA) is 64.1 Å². The van der Waals surface area contributed by atoms with Gasteiger partial charge >= 0.3 is 0 Å². The van der Waals surface area contributed by atoms with Gasteiger partial charge in [0.15, 0.2) is 0 Å². The third-order valence-corrected chi connectivity index (χ3v) is 1.54. The van der Waals surface area contributed by atoms with Crippen LogP contribution in [0.2, 0.25) is 0 Å². The van der Waals surface area contributed by atoms with E-state index in [9.17, 15) is 0 Å². The molecule has 0 fully saturated rings. The van der Waals surface area contributed by atoms with E-state index in [0.29, 0.717) is 0 Å². The van der Waals surface area contributed by atoms with E-state index in [2.05, 4.69) is 10.5 Å². The maximum absolute atomic E-state index is 5.34. The summed E-state index contributed by atoms with van der Waals surface area (Å²) in [5, 5.41) is 7.06. The summed E-state index contributed by atoms with van der Waals surface area (Å²) in [5.41, 5.74) is 6.29. The quantitative estimate of drug-likeness (QED) is 0.627. The molecule has 0 atom stereocenters. The van der Waals surface area contributed by atoms with Crippen LogP contribution in [0.1, 0.15) is 17.9 Å². The van der Waals surface area contributed by atoms with E-state index in [1.54, 1.807) is 0 Å². The number of aromatic nitrogens is 1. The number of rotatable bonds is 5. The molecule has 0 saturated heterocycles. The Labute approximate surface area is 72.1 Å². The van der Waals surface area contributed by atoms with Gasteiger partial charge < -0.3 is 15.6 Å². The van der Waals surface area contributed by atoms with Crippen LogP contribution in [0, 0.1) is 6.92 Å². The highest BCUT2D eigenvalue weighted by Gasteiger charge is 1.97. The van der Waals surface area contributed by atoms with Gasteiger partial charge in [-0.25, -0.2) is 0 Å². The van der Waals surface area contributed by atoms with Gasteiger partial charge in [-0.2, -0.15) is 0 Å². The minimum Gasteiger partial charge on any atom is -0.361 e. The highest BCUT2D eigenvalue weighted by Crippen LogP contribution is 2.00. The fourth-order valence-corrected chi connectivity index (χ4v) is 0.945. The van der Waals surface area contributed by atoms with Gasteiger partial charge in [0.05, 0.1) is 5.69 Å². The molecule has 0 aliphatic rings. The first-order valence-corrected chi connectivity index (χ1v) is 4.16. The smallest absolute Gasteiger partial charge is 0.133 e. The Morgan fingerprint density at radius 1 is 1.67 bits per heavy atom. The molecular formula is C8H15N3O. The average Bonchev–Trinajstić information content (AvgIpc) is 2.45. The van der Waals surface area contributed by atoms with Gasteiger partial charge in [-0.05, 0) is 26.4 Å². The molecule has 0 radical (unpaired) electrons. The van der Waals surface area contributed by atoms with Crippen LogP contribution >= 0.6 is 0 Å². The summed E-state index contributed by atoms with van der Waals surface area (Å²) in [6, 6.07) is 1.93. The number of hydrogen-bond donors (Lipinski definition) is 2. The first kappa shape index (κ1) is 9.22. The lowest BCUT2D eigenvalue weighted by Gasteiger charge is -1.98. The zero-order valence-electron chi connectivity index (χ0n) is 7.34. The first-order chi connectivity index (χ1) is 5.83. The highest BCUT2D eigenvalue weighted by atomic mass is 16.5. The van der Waals surface area contributed by atoms with Crippen LogP contribution in [0.5, 0.6) is 0 Å². The minimum absolute atomic E-state index is 0.727. The molecule has 1 heterocycles. The summed E-state index contributed by atoms with van der Waals surface area (Å²) in [5.74, 6) is 0.852. The lowest BCUT2D eigenvalue weighted by molar-refractivity contribution is 0.388. The maximum atomic E-state index is 5.34. The van der Waals surface area contributed by atoms with Gasteiger partial charge in [-0.3, -0.25) is 0 Å². The standard InChI is InChI=1S/C8H15N3O/c1-7-5-8(11-12-7)6-10-4-2-3-9/h5,10H,2-4,6,9H2,1H3. The molecule has 1 aromatic rings. The Bertz CT molecular complexity index is 222. The van der Waals surface area contributed by atoms with Crippen molar-refractivity contribution in [1.82, 2.24) is 10.5 Å². The molecular weight excluding hydrogens is 154 g/mol. The molecule has 1 aromatic heterocycles. The Balaban J connectivity index is 2.15. The lowest BCUT2D eigenvalue weighted by atomic mass is 10.3. The van der Waals surface area contributed by atoms with Crippen LogP contribution in [0.25, 0.3) is 0 Å². The second-order valence-corrected chi connectivity index (χ2v) is 2.75. The van der Waals surface area contributed by atoms with E-state index in [1.807, 2.05) is 13.0 Å². The van der Waals surface area contributed by atoms with Gasteiger partial charge in [-0.15, -0.1) is 0 Å². The van der Waals surface area contributed by atoms with Crippen LogP contribution in [0.15, 0.2) is 10.6 Å².